The number of benzene rings is 2. The molecular weight excluding hydrogens is 628 g/mol. The lowest BCUT2D eigenvalue weighted by molar-refractivity contribution is -0.138. The molecule has 2 fully saturated rings. The molecule has 0 saturated carbocycles. The van der Waals surface area contributed by atoms with Gasteiger partial charge < -0.3 is 24.0 Å². The summed E-state index contributed by atoms with van der Waals surface area (Å²) in [5, 5.41) is 0. The number of aromatic nitrogens is 1. The van der Waals surface area contributed by atoms with Gasteiger partial charge in [-0.25, -0.2) is 8.42 Å². The first-order valence-corrected chi connectivity index (χ1v) is 18.6. The number of methoxy groups -OCH3 is 1. The number of rotatable bonds is 12. The van der Waals surface area contributed by atoms with Gasteiger partial charge in [-0.2, -0.15) is 0 Å². The van der Waals surface area contributed by atoms with Crippen LogP contribution in [-0.4, -0.2) is 94.8 Å². The summed E-state index contributed by atoms with van der Waals surface area (Å²) in [6, 6.07) is 14.2. The fourth-order valence-electron chi connectivity index (χ4n) is 7.78. The number of carbonyl (C=O) groups is 1. The smallest absolute Gasteiger partial charge is 0.265 e. The molecule has 258 valence electrons. The van der Waals surface area contributed by atoms with Crippen molar-refractivity contribution in [1.29, 1.82) is 0 Å². The van der Waals surface area contributed by atoms with Gasteiger partial charge in [0.1, 0.15) is 30.8 Å². The van der Waals surface area contributed by atoms with Gasteiger partial charge in [0, 0.05) is 25.5 Å². The highest BCUT2D eigenvalue weighted by atomic mass is 32.2. The molecule has 1 amide bonds. The highest BCUT2D eigenvalue weighted by Crippen LogP contribution is 2.41. The number of aryl methyl sites for hydroxylation is 2. The number of nitrogens with zero attached hydrogens (tertiary/aromatic N) is 4. The third-order valence-electron chi connectivity index (χ3n) is 10.3. The molecule has 3 aromatic rings. The quantitative estimate of drug-likeness (QED) is 0.261. The van der Waals surface area contributed by atoms with E-state index in [2.05, 4.69) is 22.0 Å². The topological polar surface area (TPSA) is 102 Å². The van der Waals surface area contributed by atoms with Gasteiger partial charge in [0.2, 0.25) is 5.91 Å². The van der Waals surface area contributed by atoms with Crippen LogP contribution in [0.5, 0.6) is 11.5 Å². The fraction of sp³-hybridized carbons (Fsp3) is 0.514. The van der Waals surface area contributed by atoms with E-state index < -0.39 is 16.1 Å². The van der Waals surface area contributed by atoms with Crippen molar-refractivity contribution in [2.75, 3.05) is 64.0 Å². The molecule has 1 aromatic heterocycles. The number of carbonyl (C=O) groups excluding carboxylic acids is 1. The van der Waals surface area contributed by atoms with Crippen LogP contribution >= 0.6 is 0 Å². The second-order valence-electron chi connectivity index (χ2n) is 13.4. The van der Waals surface area contributed by atoms with Gasteiger partial charge in [-0.3, -0.25) is 14.1 Å². The van der Waals surface area contributed by atoms with E-state index in [1.807, 2.05) is 23.4 Å². The van der Waals surface area contributed by atoms with Crippen LogP contribution in [-0.2, 0) is 25.0 Å². The molecule has 11 heteroatoms. The van der Waals surface area contributed by atoms with Gasteiger partial charge in [0.15, 0.2) is 0 Å². The Balaban J connectivity index is 1.11. The van der Waals surface area contributed by atoms with Gasteiger partial charge in [-0.1, -0.05) is 12.1 Å². The van der Waals surface area contributed by atoms with Crippen LogP contribution < -0.4 is 13.8 Å². The Labute approximate surface area is 285 Å². The lowest BCUT2D eigenvalue weighted by atomic mass is 9.70. The second-order valence-corrected chi connectivity index (χ2v) is 15.1. The molecule has 3 aliphatic heterocycles. The van der Waals surface area contributed by atoms with Crippen LogP contribution in [0.4, 0.5) is 5.69 Å². The van der Waals surface area contributed by atoms with Crippen molar-refractivity contribution in [1.82, 2.24) is 14.8 Å². The molecule has 1 unspecified atom stereocenters. The molecular formula is C37H48N4O6S. The van der Waals surface area contributed by atoms with Crippen molar-refractivity contribution in [3.8, 4) is 11.5 Å². The number of sulfonamides is 1. The van der Waals surface area contributed by atoms with Crippen molar-refractivity contribution in [2.45, 2.75) is 68.7 Å². The molecule has 0 radical (unpaired) electrons. The fourth-order valence-corrected chi connectivity index (χ4v) is 9.83. The maximum Gasteiger partial charge on any atom is 0.265 e. The normalized spacial score (nSPS) is 19.5. The minimum absolute atomic E-state index is 0.0127. The van der Waals surface area contributed by atoms with Crippen molar-refractivity contribution >= 4 is 21.6 Å². The summed E-state index contributed by atoms with van der Waals surface area (Å²) in [6.45, 7) is 8.39. The standard InChI is InChI=1S/C37H48N4O6S/c1-28-23-32(45-3)24-29(2)36(28)48(43,44)41-31(26-47-34-10-5-4-9-33(34)41)25-46-27-35(42)40-21-14-37(15-22-40,30-11-16-38-17-12-30)13-8-20-39-18-6-7-19-39/h4-5,9-12,16-17,23-24,31H,6-8,13-15,18-22,25-27H2,1-3H3. The highest BCUT2D eigenvalue weighted by molar-refractivity contribution is 7.93. The summed E-state index contributed by atoms with van der Waals surface area (Å²) in [5.41, 5.74) is 2.97. The predicted molar refractivity (Wildman–Crippen MR) is 185 cm³/mol. The van der Waals surface area contributed by atoms with Crippen LogP contribution in [0.1, 0.15) is 55.2 Å². The molecule has 48 heavy (non-hydrogen) atoms. The summed E-state index contributed by atoms with van der Waals surface area (Å²) < 4.78 is 47.5. The Kier molecular flexibility index (Phi) is 10.6. The largest absolute Gasteiger partial charge is 0.497 e. The summed E-state index contributed by atoms with van der Waals surface area (Å²) in [7, 11) is -2.46. The molecule has 0 spiro atoms. The Bertz CT molecular complexity index is 1650. The molecule has 4 heterocycles. The first kappa shape index (κ1) is 34.2. The van der Waals surface area contributed by atoms with E-state index in [1.165, 1.54) is 35.8 Å². The maximum atomic E-state index is 14.4. The van der Waals surface area contributed by atoms with Crippen molar-refractivity contribution in [3.05, 3.63) is 77.6 Å². The lowest BCUT2D eigenvalue weighted by Gasteiger charge is -2.43. The Morgan fingerprint density at radius 1 is 1.00 bits per heavy atom. The molecule has 2 aromatic carbocycles. The monoisotopic (exact) mass is 676 g/mol. The second kappa shape index (κ2) is 14.8. The number of fused-ring (bicyclic) bond motifs is 1. The van der Waals surface area contributed by atoms with Crippen LogP contribution in [0.25, 0.3) is 0 Å². The average Bonchev–Trinajstić information content (AvgIpc) is 3.62. The van der Waals surface area contributed by atoms with E-state index >= 15 is 0 Å². The van der Waals surface area contributed by atoms with E-state index in [9.17, 15) is 13.2 Å². The SMILES string of the molecule is COc1cc(C)c(S(=O)(=O)N2c3ccccc3OCC2COCC(=O)N2CCC(CCCN3CCCC3)(c3ccncc3)CC2)c(C)c1. The van der Waals surface area contributed by atoms with Gasteiger partial charge >= 0.3 is 0 Å². The van der Waals surface area contributed by atoms with Crippen LogP contribution in [0.2, 0.25) is 0 Å². The first-order chi connectivity index (χ1) is 23.2. The van der Waals surface area contributed by atoms with Gasteiger partial charge in [-0.15, -0.1) is 0 Å². The van der Waals surface area contributed by atoms with Crippen molar-refractivity contribution in [2.24, 2.45) is 0 Å². The number of ether oxygens (including phenoxy) is 3. The van der Waals surface area contributed by atoms with Crippen LogP contribution in [0, 0.1) is 13.8 Å². The molecule has 0 aliphatic carbocycles. The Hall–Kier alpha value is -3.67. The third kappa shape index (κ3) is 7.18. The average molecular weight is 677 g/mol. The zero-order valence-corrected chi connectivity index (χ0v) is 29.2. The van der Waals surface area contributed by atoms with E-state index in [0.717, 1.165) is 32.2 Å². The summed E-state index contributed by atoms with van der Waals surface area (Å²) in [6.07, 6.45) is 10.4. The van der Waals surface area contributed by atoms with E-state index in [1.54, 1.807) is 51.3 Å². The van der Waals surface area contributed by atoms with Gasteiger partial charge in [0.05, 0.1) is 24.3 Å². The molecule has 1 atom stereocenters. The minimum Gasteiger partial charge on any atom is -0.497 e. The lowest BCUT2D eigenvalue weighted by Crippen LogP contribution is -2.50. The van der Waals surface area contributed by atoms with Gasteiger partial charge in [0.25, 0.3) is 10.0 Å². The molecule has 10 nitrogen and oxygen atoms in total. The minimum atomic E-state index is -4.02. The van der Waals surface area contributed by atoms with Crippen molar-refractivity contribution in [3.63, 3.8) is 0 Å². The van der Waals surface area contributed by atoms with Crippen LogP contribution in [0.3, 0.4) is 0 Å². The molecule has 6 rings (SSSR count). The maximum absolute atomic E-state index is 14.4. The summed E-state index contributed by atoms with van der Waals surface area (Å²) >= 11 is 0. The Morgan fingerprint density at radius 3 is 2.38 bits per heavy atom. The Morgan fingerprint density at radius 2 is 1.69 bits per heavy atom. The third-order valence-corrected chi connectivity index (χ3v) is 12.5. The molecule has 2 saturated heterocycles. The van der Waals surface area contributed by atoms with E-state index in [0.29, 0.717) is 41.4 Å². The molecule has 3 aliphatic rings. The number of likely N-dealkylation sites (tertiary alicyclic amines) is 2. The van der Waals surface area contributed by atoms with Crippen molar-refractivity contribution < 1.29 is 27.4 Å². The van der Waals surface area contributed by atoms with E-state index in [4.69, 9.17) is 14.2 Å². The number of amides is 1. The number of pyridine rings is 1. The number of para-hydroxylation sites is 2. The number of piperidine rings is 1. The number of hydrogen-bond donors (Lipinski definition) is 0. The van der Waals surface area contributed by atoms with E-state index in [-0.39, 0.29) is 36.0 Å². The van der Waals surface area contributed by atoms with Gasteiger partial charge in [-0.05, 0) is 131 Å². The number of anilines is 1. The molecule has 0 bridgehead atoms. The first-order valence-electron chi connectivity index (χ1n) is 17.1. The van der Waals surface area contributed by atoms with Crippen LogP contribution in [0.15, 0.2) is 65.8 Å². The zero-order chi connectivity index (χ0) is 33.7. The molecule has 0 N–H and O–H groups in total. The number of hydrogen-bond acceptors (Lipinski definition) is 8. The summed E-state index contributed by atoms with van der Waals surface area (Å²) in [5.74, 6) is 1.01. The summed E-state index contributed by atoms with van der Waals surface area (Å²) in [4.78, 5) is 22.4. The zero-order valence-electron chi connectivity index (χ0n) is 28.4. The highest BCUT2D eigenvalue weighted by Gasteiger charge is 2.40. The predicted octanol–water partition coefficient (Wildman–Crippen LogP) is 5.12.